The van der Waals surface area contributed by atoms with Gasteiger partial charge >= 0.3 is 0 Å². The molecule has 0 aliphatic heterocycles. The Hall–Kier alpha value is -2.43. The summed E-state index contributed by atoms with van der Waals surface area (Å²) in [4.78, 5) is 16.0. The molecule has 102 valence electrons. The van der Waals surface area contributed by atoms with Crippen molar-refractivity contribution >= 4 is 22.9 Å². The van der Waals surface area contributed by atoms with E-state index in [1.54, 1.807) is 29.6 Å². The number of amides is 1. The molecule has 0 bridgehead atoms. The van der Waals surface area contributed by atoms with Crippen LogP contribution in [0.1, 0.15) is 15.5 Å². The molecule has 0 aliphatic carbocycles. The Balaban J connectivity index is 1.99. The highest BCUT2D eigenvalue weighted by Gasteiger charge is 2.10. The minimum Gasteiger partial charge on any atom is -0.479 e. The van der Waals surface area contributed by atoms with Crippen LogP contribution in [0, 0.1) is 11.3 Å². The van der Waals surface area contributed by atoms with E-state index < -0.39 is 0 Å². The number of benzene rings is 1. The molecule has 0 fully saturated rings. The fraction of sp³-hybridized carbons (Fsp3) is 0.154. The second kappa shape index (κ2) is 6.65. The number of anilines is 1. The molecule has 3 N–H and O–H groups in total. The first-order valence-electron chi connectivity index (χ1n) is 5.78. The van der Waals surface area contributed by atoms with E-state index in [1.165, 1.54) is 11.3 Å². The summed E-state index contributed by atoms with van der Waals surface area (Å²) >= 11 is 1.35. The third kappa shape index (κ3) is 3.54. The van der Waals surface area contributed by atoms with Crippen LogP contribution in [-0.2, 0) is 6.54 Å². The minimum absolute atomic E-state index is 0.00754. The van der Waals surface area contributed by atoms with Crippen molar-refractivity contribution in [2.45, 2.75) is 6.54 Å². The van der Waals surface area contributed by atoms with E-state index in [0.29, 0.717) is 23.7 Å². The molecule has 1 heterocycles. The topological polar surface area (TPSA) is 101 Å². The third-order valence-electron chi connectivity index (χ3n) is 2.37. The van der Waals surface area contributed by atoms with E-state index in [2.05, 4.69) is 10.3 Å². The van der Waals surface area contributed by atoms with Crippen molar-refractivity contribution in [3.05, 3.63) is 40.3 Å². The summed E-state index contributed by atoms with van der Waals surface area (Å²) in [5.74, 6) is 0.287. The lowest BCUT2D eigenvalue weighted by Crippen LogP contribution is -2.12. The summed E-state index contributed by atoms with van der Waals surface area (Å²) < 4.78 is 5.12. The van der Waals surface area contributed by atoms with E-state index in [-0.39, 0.29) is 12.5 Å². The van der Waals surface area contributed by atoms with Crippen molar-refractivity contribution in [2.24, 2.45) is 5.73 Å². The first kappa shape index (κ1) is 14.0. The van der Waals surface area contributed by atoms with Gasteiger partial charge < -0.3 is 15.8 Å². The first-order chi connectivity index (χ1) is 9.72. The van der Waals surface area contributed by atoms with Gasteiger partial charge in [0.05, 0.1) is 0 Å². The van der Waals surface area contributed by atoms with Crippen molar-refractivity contribution in [2.75, 3.05) is 11.9 Å². The number of nitrogens with one attached hydrogen (secondary N) is 1. The van der Waals surface area contributed by atoms with Gasteiger partial charge in [-0.3, -0.25) is 4.79 Å². The lowest BCUT2D eigenvalue weighted by Gasteiger charge is -2.05. The largest absolute Gasteiger partial charge is 0.479 e. The van der Waals surface area contributed by atoms with Gasteiger partial charge in [-0.1, -0.05) is 0 Å². The second-order valence-electron chi connectivity index (χ2n) is 3.76. The number of carbonyl (C=O) groups is 1. The Morgan fingerprint density at radius 2 is 2.20 bits per heavy atom. The quantitative estimate of drug-likeness (QED) is 0.873. The average molecular weight is 288 g/mol. The number of hydrogen-bond donors (Lipinski definition) is 2. The molecule has 20 heavy (non-hydrogen) atoms. The number of hydrogen-bond acceptors (Lipinski definition) is 6. The molecule has 0 unspecified atom stereocenters. The van der Waals surface area contributed by atoms with Gasteiger partial charge in [-0.25, -0.2) is 4.98 Å². The molecule has 1 aromatic heterocycles. The fourth-order valence-electron chi connectivity index (χ4n) is 1.45. The standard InChI is InChI=1S/C13H12N4O2S/c14-5-6-19-10-3-1-9(2-4-10)16-13(18)11-8-20-12(7-15)17-11/h1-4,8H,6-7,15H2,(H,16,18). The zero-order valence-corrected chi connectivity index (χ0v) is 11.3. The molecule has 0 saturated heterocycles. The number of nitriles is 1. The number of carbonyl (C=O) groups excluding carboxylic acids is 1. The Morgan fingerprint density at radius 1 is 1.45 bits per heavy atom. The van der Waals surface area contributed by atoms with Crippen molar-refractivity contribution in [3.8, 4) is 11.8 Å². The molecule has 0 saturated carbocycles. The van der Waals surface area contributed by atoms with Crippen LogP contribution in [0.5, 0.6) is 5.75 Å². The normalized spacial score (nSPS) is 9.80. The third-order valence-corrected chi connectivity index (χ3v) is 3.25. The fourth-order valence-corrected chi connectivity index (χ4v) is 2.11. The molecule has 2 rings (SSSR count). The monoisotopic (exact) mass is 288 g/mol. The van der Waals surface area contributed by atoms with Crippen LogP contribution in [0.3, 0.4) is 0 Å². The van der Waals surface area contributed by atoms with Crippen molar-refractivity contribution in [1.29, 1.82) is 5.26 Å². The van der Waals surface area contributed by atoms with Crippen LogP contribution in [0.4, 0.5) is 5.69 Å². The Morgan fingerprint density at radius 3 is 2.80 bits per heavy atom. The van der Waals surface area contributed by atoms with E-state index >= 15 is 0 Å². The van der Waals surface area contributed by atoms with Crippen LogP contribution < -0.4 is 15.8 Å². The molecular weight excluding hydrogens is 276 g/mol. The average Bonchev–Trinajstić information content (AvgIpc) is 2.95. The van der Waals surface area contributed by atoms with Crippen molar-refractivity contribution in [3.63, 3.8) is 0 Å². The van der Waals surface area contributed by atoms with Gasteiger partial charge in [0.25, 0.3) is 5.91 Å². The zero-order valence-electron chi connectivity index (χ0n) is 10.5. The van der Waals surface area contributed by atoms with Gasteiger partial charge in [0, 0.05) is 17.6 Å². The minimum atomic E-state index is -0.286. The van der Waals surface area contributed by atoms with Crippen molar-refractivity contribution < 1.29 is 9.53 Å². The molecule has 0 atom stereocenters. The van der Waals surface area contributed by atoms with Gasteiger partial charge in [0.2, 0.25) is 0 Å². The number of nitrogens with two attached hydrogens (primary N) is 1. The predicted octanol–water partition coefficient (Wildman–Crippen LogP) is 1.76. The van der Waals surface area contributed by atoms with Gasteiger partial charge in [0.1, 0.15) is 22.5 Å². The van der Waals surface area contributed by atoms with Gasteiger partial charge in [-0.05, 0) is 24.3 Å². The summed E-state index contributed by atoms with van der Waals surface area (Å²) in [6.07, 6.45) is 0. The van der Waals surface area contributed by atoms with Crippen molar-refractivity contribution in [1.82, 2.24) is 4.98 Å². The summed E-state index contributed by atoms with van der Waals surface area (Å²) in [5, 5.41) is 13.5. The molecule has 0 aliphatic rings. The second-order valence-corrected chi connectivity index (χ2v) is 4.70. The molecule has 0 spiro atoms. The summed E-state index contributed by atoms with van der Waals surface area (Å²) in [6, 6.07) is 8.63. The first-order valence-corrected chi connectivity index (χ1v) is 6.66. The molecule has 1 amide bonds. The maximum absolute atomic E-state index is 11.9. The lowest BCUT2D eigenvalue weighted by atomic mass is 10.3. The van der Waals surface area contributed by atoms with Gasteiger partial charge in [-0.15, -0.1) is 11.3 Å². The molecule has 1 aromatic carbocycles. The number of thiazole rings is 1. The molecular formula is C13H12N4O2S. The van der Waals surface area contributed by atoms with Crippen LogP contribution in [0.2, 0.25) is 0 Å². The Labute approximate surface area is 119 Å². The Bertz CT molecular complexity index is 631. The zero-order chi connectivity index (χ0) is 14.4. The highest BCUT2D eigenvalue weighted by Crippen LogP contribution is 2.17. The van der Waals surface area contributed by atoms with Gasteiger partial charge in [-0.2, -0.15) is 5.26 Å². The number of rotatable bonds is 5. The van der Waals surface area contributed by atoms with E-state index in [4.69, 9.17) is 15.7 Å². The highest BCUT2D eigenvalue weighted by atomic mass is 32.1. The maximum atomic E-state index is 11.9. The number of nitrogens with zero attached hydrogens (tertiary/aromatic N) is 2. The van der Waals surface area contributed by atoms with Crippen LogP contribution in [0.25, 0.3) is 0 Å². The van der Waals surface area contributed by atoms with Gasteiger partial charge in [0.15, 0.2) is 6.61 Å². The molecule has 2 aromatic rings. The smallest absolute Gasteiger partial charge is 0.275 e. The predicted molar refractivity (Wildman–Crippen MR) is 75.5 cm³/mol. The lowest BCUT2D eigenvalue weighted by molar-refractivity contribution is 0.102. The Kier molecular flexibility index (Phi) is 4.65. The van der Waals surface area contributed by atoms with E-state index in [1.807, 2.05) is 6.07 Å². The summed E-state index contributed by atoms with van der Waals surface area (Å²) in [6.45, 7) is 0.315. The molecule has 7 heteroatoms. The molecule has 0 radical (unpaired) electrons. The van der Waals surface area contributed by atoms with E-state index in [9.17, 15) is 4.79 Å². The number of aromatic nitrogens is 1. The number of ether oxygens (including phenoxy) is 1. The molecule has 6 nitrogen and oxygen atoms in total. The van der Waals surface area contributed by atoms with E-state index in [0.717, 1.165) is 5.01 Å². The summed E-state index contributed by atoms with van der Waals surface area (Å²) in [5.41, 5.74) is 6.43. The van der Waals surface area contributed by atoms with Crippen LogP contribution >= 0.6 is 11.3 Å². The van der Waals surface area contributed by atoms with Crippen LogP contribution in [0.15, 0.2) is 29.6 Å². The maximum Gasteiger partial charge on any atom is 0.275 e. The highest BCUT2D eigenvalue weighted by molar-refractivity contribution is 7.09. The summed E-state index contributed by atoms with van der Waals surface area (Å²) in [7, 11) is 0. The SMILES string of the molecule is N#CCOc1ccc(NC(=O)c2csc(CN)n2)cc1. The van der Waals surface area contributed by atoms with Crippen LogP contribution in [-0.4, -0.2) is 17.5 Å².